The second-order valence-electron chi connectivity index (χ2n) is 5.18. The fraction of sp³-hybridized carbons (Fsp3) is 1.00. The maximum atomic E-state index is 5.48. The summed E-state index contributed by atoms with van der Waals surface area (Å²) in [5, 5.41) is 3.43. The lowest BCUT2D eigenvalue weighted by atomic mass is 10.1. The molecule has 1 N–H and O–H groups in total. The maximum absolute atomic E-state index is 5.48. The van der Waals surface area contributed by atoms with Gasteiger partial charge in [-0.3, -0.25) is 0 Å². The Bertz CT molecular complexity index is 177. The van der Waals surface area contributed by atoms with Crippen LogP contribution in [-0.2, 0) is 14.2 Å². The van der Waals surface area contributed by atoms with Gasteiger partial charge in [0.25, 0.3) is 0 Å². The molecule has 0 saturated heterocycles. The first-order valence-corrected chi connectivity index (χ1v) is 7.65. The summed E-state index contributed by atoms with van der Waals surface area (Å²) in [5.74, 6) is 0.663. The van der Waals surface area contributed by atoms with Crippen LogP contribution in [-0.4, -0.2) is 52.2 Å². The van der Waals surface area contributed by atoms with Gasteiger partial charge in [0, 0.05) is 19.2 Å². The molecule has 4 heteroatoms. The lowest BCUT2D eigenvalue weighted by Gasteiger charge is -2.17. The zero-order chi connectivity index (χ0) is 14.3. The van der Waals surface area contributed by atoms with E-state index in [1.54, 1.807) is 0 Å². The predicted octanol–water partition coefficient (Wildman–Crippen LogP) is 2.47. The highest BCUT2D eigenvalue weighted by atomic mass is 16.5. The second-order valence-corrected chi connectivity index (χ2v) is 5.18. The van der Waals surface area contributed by atoms with Gasteiger partial charge in [0.2, 0.25) is 0 Å². The molecular formula is C15H33NO3. The van der Waals surface area contributed by atoms with Crippen molar-refractivity contribution in [1.82, 2.24) is 5.32 Å². The largest absolute Gasteiger partial charge is 0.379 e. The lowest BCUT2D eigenvalue weighted by Crippen LogP contribution is -2.33. The second kappa shape index (κ2) is 14.3. The van der Waals surface area contributed by atoms with Crippen LogP contribution in [0.25, 0.3) is 0 Å². The summed E-state index contributed by atoms with van der Waals surface area (Å²) in [6.07, 6.45) is 2.31. The Hall–Kier alpha value is -0.160. The Morgan fingerprint density at radius 2 is 1.32 bits per heavy atom. The molecule has 0 amide bonds. The monoisotopic (exact) mass is 275 g/mol. The van der Waals surface area contributed by atoms with Crippen LogP contribution < -0.4 is 5.32 Å². The minimum atomic E-state index is 0.542. The third kappa shape index (κ3) is 14.1. The first kappa shape index (κ1) is 18.8. The highest BCUT2D eigenvalue weighted by molar-refractivity contribution is 4.63. The molecule has 116 valence electrons. The van der Waals surface area contributed by atoms with E-state index in [9.17, 15) is 0 Å². The van der Waals surface area contributed by atoms with Crippen LogP contribution in [0, 0.1) is 5.92 Å². The molecule has 0 aromatic rings. The number of nitrogens with one attached hydrogen (secondary N) is 1. The third-order valence-electron chi connectivity index (χ3n) is 3.10. The Balaban J connectivity index is 3.03. The molecule has 0 saturated carbocycles. The van der Waals surface area contributed by atoms with Crippen LogP contribution in [0.3, 0.4) is 0 Å². The van der Waals surface area contributed by atoms with Crippen LogP contribution in [0.15, 0.2) is 0 Å². The summed E-state index contributed by atoms with van der Waals surface area (Å²) in [6.45, 7) is 13.9. The molecule has 0 aliphatic carbocycles. The van der Waals surface area contributed by atoms with Crippen LogP contribution in [0.1, 0.15) is 40.5 Å². The number of hydrogen-bond donors (Lipinski definition) is 1. The van der Waals surface area contributed by atoms with Crippen molar-refractivity contribution in [2.75, 3.05) is 46.2 Å². The summed E-state index contributed by atoms with van der Waals surface area (Å²) in [5.41, 5.74) is 0. The Morgan fingerprint density at radius 1 is 0.789 bits per heavy atom. The van der Waals surface area contributed by atoms with Crippen LogP contribution >= 0.6 is 0 Å². The highest BCUT2D eigenvalue weighted by Crippen LogP contribution is 1.98. The molecule has 0 aromatic carbocycles. The third-order valence-corrected chi connectivity index (χ3v) is 3.10. The quantitative estimate of drug-likeness (QED) is 0.494. The van der Waals surface area contributed by atoms with Crippen molar-refractivity contribution in [3.63, 3.8) is 0 Å². The Morgan fingerprint density at radius 3 is 1.84 bits per heavy atom. The van der Waals surface area contributed by atoms with E-state index in [-0.39, 0.29) is 0 Å². The molecule has 1 unspecified atom stereocenters. The summed E-state index contributed by atoms with van der Waals surface area (Å²) in [4.78, 5) is 0. The zero-order valence-corrected chi connectivity index (χ0v) is 13.2. The van der Waals surface area contributed by atoms with Gasteiger partial charge < -0.3 is 19.5 Å². The molecule has 0 spiro atoms. The van der Waals surface area contributed by atoms with Crippen molar-refractivity contribution in [3.8, 4) is 0 Å². The minimum absolute atomic E-state index is 0.542. The fourth-order valence-electron chi connectivity index (χ4n) is 1.38. The highest BCUT2D eigenvalue weighted by Gasteiger charge is 2.04. The summed E-state index contributed by atoms with van der Waals surface area (Å²) >= 11 is 0. The van der Waals surface area contributed by atoms with Gasteiger partial charge in [-0.1, -0.05) is 27.2 Å². The van der Waals surface area contributed by atoms with Gasteiger partial charge in [0.15, 0.2) is 0 Å². The van der Waals surface area contributed by atoms with Gasteiger partial charge in [-0.05, 0) is 19.3 Å². The van der Waals surface area contributed by atoms with Crippen molar-refractivity contribution in [2.45, 2.75) is 46.6 Å². The lowest BCUT2D eigenvalue weighted by molar-refractivity contribution is 0.0143. The van der Waals surface area contributed by atoms with E-state index in [1.807, 2.05) is 0 Å². The van der Waals surface area contributed by atoms with Gasteiger partial charge in [-0.25, -0.2) is 0 Å². The Labute approximate surface area is 119 Å². The SMILES string of the molecule is CCCCOCCOCCOCCNC(C)C(C)C. The molecule has 0 aromatic heterocycles. The molecule has 0 heterocycles. The summed E-state index contributed by atoms with van der Waals surface area (Å²) in [6, 6.07) is 0.542. The molecule has 0 radical (unpaired) electrons. The average molecular weight is 275 g/mol. The summed E-state index contributed by atoms with van der Waals surface area (Å²) in [7, 11) is 0. The van der Waals surface area contributed by atoms with E-state index in [2.05, 4.69) is 33.0 Å². The van der Waals surface area contributed by atoms with E-state index in [4.69, 9.17) is 14.2 Å². The molecule has 4 nitrogen and oxygen atoms in total. The Kier molecular flexibility index (Phi) is 14.1. The molecule has 0 aliphatic rings. The normalized spacial score (nSPS) is 13.1. The van der Waals surface area contributed by atoms with Crippen molar-refractivity contribution >= 4 is 0 Å². The standard InChI is InChI=1S/C15H33NO3/c1-5-6-8-17-10-12-19-13-11-18-9-7-16-15(4)14(2)3/h14-16H,5-13H2,1-4H3. The molecule has 19 heavy (non-hydrogen) atoms. The van der Waals surface area contributed by atoms with E-state index >= 15 is 0 Å². The van der Waals surface area contributed by atoms with Crippen LogP contribution in [0.4, 0.5) is 0 Å². The zero-order valence-electron chi connectivity index (χ0n) is 13.2. The fourth-order valence-corrected chi connectivity index (χ4v) is 1.38. The van der Waals surface area contributed by atoms with Crippen molar-refractivity contribution in [3.05, 3.63) is 0 Å². The summed E-state index contributed by atoms with van der Waals surface area (Å²) < 4.78 is 16.3. The van der Waals surface area contributed by atoms with Gasteiger partial charge in [0.05, 0.1) is 33.0 Å². The first-order valence-electron chi connectivity index (χ1n) is 7.65. The van der Waals surface area contributed by atoms with E-state index < -0.39 is 0 Å². The number of rotatable bonds is 14. The molecule has 0 bridgehead atoms. The molecule has 1 atom stereocenters. The van der Waals surface area contributed by atoms with Gasteiger partial charge in [-0.15, -0.1) is 0 Å². The van der Waals surface area contributed by atoms with Crippen LogP contribution in [0.5, 0.6) is 0 Å². The van der Waals surface area contributed by atoms with E-state index in [0.717, 1.165) is 26.2 Å². The first-order chi connectivity index (χ1) is 9.18. The van der Waals surface area contributed by atoms with Crippen molar-refractivity contribution in [2.24, 2.45) is 5.92 Å². The topological polar surface area (TPSA) is 39.7 Å². The van der Waals surface area contributed by atoms with E-state index in [1.165, 1.54) is 6.42 Å². The van der Waals surface area contributed by atoms with E-state index in [0.29, 0.717) is 38.4 Å². The predicted molar refractivity (Wildman–Crippen MR) is 79.7 cm³/mol. The minimum Gasteiger partial charge on any atom is -0.379 e. The number of ether oxygens (including phenoxy) is 3. The maximum Gasteiger partial charge on any atom is 0.0701 e. The van der Waals surface area contributed by atoms with Crippen molar-refractivity contribution in [1.29, 1.82) is 0 Å². The number of unbranched alkanes of at least 4 members (excludes halogenated alkanes) is 1. The van der Waals surface area contributed by atoms with Gasteiger partial charge in [-0.2, -0.15) is 0 Å². The van der Waals surface area contributed by atoms with Gasteiger partial charge in [0.1, 0.15) is 0 Å². The molecular weight excluding hydrogens is 242 g/mol. The van der Waals surface area contributed by atoms with Gasteiger partial charge >= 0.3 is 0 Å². The smallest absolute Gasteiger partial charge is 0.0701 e. The number of hydrogen-bond acceptors (Lipinski definition) is 4. The van der Waals surface area contributed by atoms with Crippen molar-refractivity contribution < 1.29 is 14.2 Å². The molecule has 0 rings (SSSR count). The van der Waals surface area contributed by atoms with Crippen LogP contribution in [0.2, 0.25) is 0 Å². The average Bonchev–Trinajstić information content (AvgIpc) is 2.39. The molecule has 0 fully saturated rings. The molecule has 0 aliphatic heterocycles.